The fourth-order valence-electron chi connectivity index (χ4n) is 1.49. The van der Waals surface area contributed by atoms with Crippen LogP contribution in [0.1, 0.15) is 10.4 Å². The Morgan fingerprint density at radius 2 is 2.00 bits per heavy atom. The summed E-state index contributed by atoms with van der Waals surface area (Å²) >= 11 is 8.91. The van der Waals surface area contributed by atoms with Gasteiger partial charge in [0, 0.05) is 15.8 Å². The van der Waals surface area contributed by atoms with Crippen molar-refractivity contribution in [3.63, 3.8) is 0 Å². The number of rotatable bonds is 2. The zero-order valence-corrected chi connectivity index (χ0v) is 11.9. The van der Waals surface area contributed by atoms with Crippen molar-refractivity contribution < 1.29 is 9.18 Å². The molecule has 0 fully saturated rings. The molecular formula is C13H9BrClFN2O. The summed E-state index contributed by atoms with van der Waals surface area (Å²) in [6.45, 7) is 0. The summed E-state index contributed by atoms with van der Waals surface area (Å²) in [6.07, 6.45) is 0. The van der Waals surface area contributed by atoms with Gasteiger partial charge in [-0.25, -0.2) is 4.39 Å². The Labute approximate surface area is 122 Å². The number of halogens is 3. The van der Waals surface area contributed by atoms with Gasteiger partial charge >= 0.3 is 0 Å². The van der Waals surface area contributed by atoms with E-state index in [-0.39, 0.29) is 10.9 Å². The molecule has 3 N–H and O–H groups in total. The summed E-state index contributed by atoms with van der Waals surface area (Å²) in [5, 5.41) is 2.57. The summed E-state index contributed by atoms with van der Waals surface area (Å²) in [5.41, 5.74) is 6.91. The molecule has 0 aromatic heterocycles. The number of carbonyl (C=O) groups is 1. The van der Waals surface area contributed by atoms with Crippen LogP contribution in [0.5, 0.6) is 0 Å². The molecule has 6 heteroatoms. The molecule has 0 atom stereocenters. The Morgan fingerprint density at radius 1 is 1.26 bits per heavy atom. The van der Waals surface area contributed by atoms with Crippen molar-refractivity contribution in [2.24, 2.45) is 0 Å². The van der Waals surface area contributed by atoms with Gasteiger partial charge in [0.2, 0.25) is 0 Å². The van der Waals surface area contributed by atoms with Crippen LogP contribution in [0.3, 0.4) is 0 Å². The lowest BCUT2D eigenvalue weighted by atomic mass is 10.2. The number of hydrogen-bond acceptors (Lipinski definition) is 2. The smallest absolute Gasteiger partial charge is 0.256 e. The van der Waals surface area contributed by atoms with Crippen LogP contribution in [-0.4, -0.2) is 5.91 Å². The lowest BCUT2D eigenvalue weighted by molar-refractivity contribution is 0.102. The summed E-state index contributed by atoms with van der Waals surface area (Å²) < 4.78 is 13.6. The fourth-order valence-corrected chi connectivity index (χ4v) is 2.10. The van der Waals surface area contributed by atoms with E-state index in [1.54, 1.807) is 18.2 Å². The number of nitrogens with two attached hydrogens (primary N) is 1. The third-order valence-electron chi connectivity index (χ3n) is 2.41. The minimum absolute atomic E-state index is 0.0514. The van der Waals surface area contributed by atoms with E-state index in [4.69, 9.17) is 17.3 Å². The van der Waals surface area contributed by atoms with Gasteiger partial charge in [-0.15, -0.1) is 0 Å². The molecular weight excluding hydrogens is 335 g/mol. The normalized spacial score (nSPS) is 10.3. The second kappa shape index (κ2) is 5.59. The highest BCUT2D eigenvalue weighted by Gasteiger charge is 2.11. The van der Waals surface area contributed by atoms with Gasteiger partial charge in [0.25, 0.3) is 5.91 Å². The number of nitrogen functional groups attached to an aromatic ring is 1. The van der Waals surface area contributed by atoms with E-state index in [0.717, 1.165) is 0 Å². The molecule has 0 aliphatic rings. The Hall–Kier alpha value is -1.59. The van der Waals surface area contributed by atoms with Crippen molar-refractivity contribution in [1.82, 2.24) is 0 Å². The van der Waals surface area contributed by atoms with Crippen LogP contribution in [-0.2, 0) is 0 Å². The van der Waals surface area contributed by atoms with Crippen molar-refractivity contribution in [2.75, 3.05) is 11.1 Å². The van der Waals surface area contributed by atoms with E-state index in [2.05, 4.69) is 21.2 Å². The van der Waals surface area contributed by atoms with E-state index in [9.17, 15) is 9.18 Å². The number of amides is 1. The summed E-state index contributed by atoms with van der Waals surface area (Å²) in [5.74, 6) is -0.897. The molecule has 1 amide bonds. The van der Waals surface area contributed by atoms with E-state index in [1.807, 2.05) is 0 Å². The highest BCUT2D eigenvalue weighted by atomic mass is 79.9. The summed E-state index contributed by atoms with van der Waals surface area (Å²) in [7, 11) is 0. The first-order chi connectivity index (χ1) is 8.97. The molecule has 0 aliphatic heterocycles. The van der Waals surface area contributed by atoms with Gasteiger partial charge in [0.15, 0.2) is 0 Å². The first kappa shape index (κ1) is 13.8. The Balaban J connectivity index is 2.25. The maximum atomic E-state index is 13.0. The highest BCUT2D eigenvalue weighted by Crippen LogP contribution is 2.23. The van der Waals surface area contributed by atoms with Gasteiger partial charge < -0.3 is 11.1 Å². The van der Waals surface area contributed by atoms with Crippen LogP contribution in [0.25, 0.3) is 0 Å². The SMILES string of the molecule is Nc1ccc(Br)c(C(=O)Nc2ccc(F)c(Cl)c2)c1. The Morgan fingerprint density at radius 3 is 2.68 bits per heavy atom. The van der Waals surface area contributed by atoms with Crippen molar-refractivity contribution in [2.45, 2.75) is 0 Å². The van der Waals surface area contributed by atoms with Crippen molar-refractivity contribution >= 4 is 44.8 Å². The van der Waals surface area contributed by atoms with E-state index in [1.165, 1.54) is 18.2 Å². The number of anilines is 2. The van der Waals surface area contributed by atoms with Gasteiger partial charge in [0.1, 0.15) is 5.82 Å². The molecule has 0 spiro atoms. The summed E-state index contributed by atoms with van der Waals surface area (Å²) in [6, 6.07) is 8.86. The van der Waals surface area contributed by atoms with E-state index >= 15 is 0 Å². The quantitative estimate of drug-likeness (QED) is 0.807. The molecule has 0 saturated heterocycles. The predicted molar refractivity (Wildman–Crippen MR) is 77.9 cm³/mol. The molecule has 0 radical (unpaired) electrons. The predicted octanol–water partition coefficient (Wildman–Crippen LogP) is 4.08. The Kier molecular flexibility index (Phi) is 4.07. The molecule has 0 aliphatic carbocycles. The number of carbonyl (C=O) groups excluding carboxylic acids is 1. The molecule has 2 rings (SSSR count). The highest BCUT2D eigenvalue weighted by molar-refractivity contribution is 9.10. The topological polar surface area (TPSA) is 55.1 Å². The van der Waals surface area contributed by atoms with Gasteiger partial charge in [-0.05, 0) is 52.3 Å². The lowest BCUT2D eigenvalue weighted by Crippen LogP contribution is -2.13. The monoisotopic (exact) mass is 342 g/mol. The molecule has 0 unspecified atom stereocenters. The zero-order valence-electron chi connectivity index (χ0n) is 9.58. The largest absolute Gasteiger partial charge is 0.399 e. The van der Waals surface area contributed by atoms with Crippen LogP contribution in [0.4, 0.5) is 15.8 Å². The van der Waals surface area contributed by atoms with Gasteiger partial charge in [-0.2, -0.15) is 0 Å². The molecule has 0 heterocycles. The average molecular weight is 344 g/mol. The van der Waals surface area contributed by atoms with Crippen LogP contribution in [0.2, 0.25) is 5.02 Å². The second-order valence-corrected chi connectivity index (χ2v) is 5.08. The lowest BCUT2D eigenvalue weighted by Gasteiger charge is -2.08. The molecule has 2 aromatic carbocycles. The molecule has 19 heavy (non-hydrogen) atoms. The van der Waals surface area contributed by atoms with Crippen molar-refractivity contribution in [3.8, 4) is 0 Å². The molecule has 0 bridgehead atoms. The third kappa shape index (κ3) is 3.24. The fraction of sp³-hybridized carbons (Fsp3) is 0. The van der Waals surface area contributed by atoms with E-state index < -0.39 is 5.82 Å². The van der Waals surface area contributed by atoms with Gasteiger partial charge in [-0.3, -0.25) is 4.79 Å². The first-order valence-corrected chi connectivity index (χ1v) is 6.46. The molecule has 98 valence electrons. The van der Waals surface area contributed by atoms with Crippen molar-refractivity contribution in [3.05, 3.63) is 57.3 Å². The van der Waals surface area contributed by atoms with Crippen LogP contribution < -0.4 is 11.1 Å². The second-order valence-electron chi connectivity index (χ2n) is 3.82. The maximum Gasteiger partial charge on any atom is 0.256 e. The average Bonchev–Trinajstić information content (AvgIpc) is 2.36. The van der Waals surface area contributed by atoms with Crippen molar-refractivity contribution in [1.29, 1.82) is 0 Å². The van der Waals surface area contributed by atoms with Gasteiger partial charge in [0.05, 0.1) is 10.6 Å². The van der Waals surface area contributed by atoms with Crippen LogP contribution >= 0.6 is 27.5 Å². The van der Waals surface area contributed by atoms with Gasteiger partial charge in [-0.1, -0.05) is 11.6 Å². The Bertz CT molecular complexity index is 649. The number of benzene rings is 2. The standard InChI is InChI=1S/C13H9BrClFN2O/c14-10-3-1-7(17)5-9(10)13(19)18-8-2-4-12(16)11(15)6-8/h1-6H,17H2,(H,18,19). The molecule has 2 aromatic rings. The van der Waals surface area contributed by atoms with Crippen LogP contribution in [0, 0.1) is 5.82 Å². The minimum atomic E-state index is -0.537. The van der Waals surface area contributed by atoms with Crippen LogP contribution in [0.15, 0.2) is 40.9 Å². The zero-order chi connectivity index (χ0) is 14.0. The first-order valence-electron chi connectivity index (χ1n) is 5.29. The number of hydrogen-bond donors (Lipinski definition) is 2. The number of nitrogens with one attached hydrogen (secondary N) is 1. The molecule has 0 saturated carbocycles. The van der Waals surface area contributed by atoms with E-state index in [0.29, 0.717) is 21.4 Å². The minimum Gasteiger partial charge on any atom is -0.399 e. The molecule has 3 nitrogen and oxygen atoms in total. The summed E-state index contributed by atoms with van der Waals surface area (Å²) in [4.78, 5) is 12.0. The maximum absolute atomic E-state index is 13.0. The third-order valence-corrected chi connectivity index (χ3v) is 3.39.